The topological polar surface area (TPSA) is 168 Å². The fourth-order valence-electron chi connectivity index (χ4n) is 3.03. The fraction of sp³-hybridized carbons (Fsp3) is 1.00. The molecule has 2 rings (SSSR count). The van der Waals surface area contributed by atoms with Crippen LogP contribution >= 0.6 is 0 Å². The lowest BCUT2D eigenvalue weighted by Crippen LogP contribution is -2.64. The molecule has 2 fully saturated rings. The molecule has 0 amide bonds. The fourth-order valence-corrected chi connectivity index (χ4v) is 3.03. The molecule has 2 aliphatic heterocycles. The summed E-state index contributed by atoms with van der Waals surface area (Å²) in [7, 11) is 2.55. The molecule has 11 nitrogen and oxygen atoms in total. The van der Waals surface area contributed by atoms with E-state index in [1.807, 2.05) is 0 Å². The summed E-state index contributed by atoms with van der Waals surface area (Å²) >= 11 is 0. The Bertz CT molecular complexity index is 406. The third kappa shape index (κ3) is 4.12. The van der Waals surface area contributed by atoms with Crippen LogP contribution in [0.3, 0.4) is 0 Å². The molecule has 11 heteroatoms. The molecule has 148 valence electrons. The van der Waals surface area contributed by atoms with Crippen molar-refractivity contribution in [3.8, 4) is 0 Å². The summed E-state index contributed by atoms with van der Waals surface area (Å²) in [4.78, 5) is 0. The molecule has 0 aromatic carbocycles. The number of aliphatic hydroxyl groups excluding tert-OH is 6. The molecule has 2 heterocycles. The molecular weight excluding hydrogens is 356 g/mol. The Kier molecular flexibility index (Phi) is 7.49. The first kappa shape index (κ1) is 20.9. The van der Waals surface area contributed by atoms with Crippen molar-refractivity contribution in [3.63, 3.8) is 0 Å². The average Bonchev–Trinajstić information content (AvgIpc) is 2.62. The van der Waals surface area contributed by atoms with Crippen LogP contribution in [0, 0.1) is 0 Å². The Morgan fingerprint density at radius 1 is 0.680 bits per heavy atom. The SMILES string of the molecule is CO[13C@@H]1O[13C@H]([13CH2]O)[13C@@H](O[13C@@H]2O[13C@H]([13CH2]O)[13C@@H](OC)[13C@H](O)[13C@H]2O)[13C@H](O)[13C@H]1O. The van der Waals surface area contributed by atoms with E-state index in [9.17, 15) is 30.6 Å². The predicted octanol–water partition coefficient (Wildman–Crippen LogP) is -4.09. The molecule has 0 aliphatic carbocycles. The summed E-state index contributed by atoms with van der Waals surface area (Å²) in [5.41, 5.74) is 0. The zero-order valence-electron chi connectivity index (χ0n) is 13.9. The number of methoxy groups -OCH3 is 2. The minimum absolute atomic E-state index is 0.510. The second kappa shape index (κ2) is 8.97. The molecule has 2 aliphatic rings. The quantitative estimate of drug-likeness (QED) is 0.247. The number of rotatable bonds is 6. The van der Waals surface area contributed by atoms with Gasteiger partial charge in [0.05, 0.1) is 13.2 Å². The lowest BCUT2D eigenvalue weighted by atomic mass is 10.9. The third-order valence-corrected chi connectivity index (χ3v) is 4.44. The zero-order chi connectivity index (χ0) is 18.7. The summed E-state index contributed by atoms with van der Waals surface area (Å²) < 4.78 is 26.0. The standard InChI is InChI=1S/C14H26O11/c1-21-11-5(3-15)24-14(10(20)7(11)17)25-12-6(4-16)23-13(22-2)9(19)8(12)18/h5-20H,3-4H2,1-2H3/t5-,6-,7-,8-,9-,10-,11-,12-,13-,14+/m1/s1/i3+1,4+1,5+1,6+1,7+1,8+1,9+1,10+1,11+1,12+1,13+1,14+1. The maximum absolute atomic E-state index is 10.2. The van der Waals surface area contributed by atoms with Crippen LogP contribution < -0.4 is 0 Å². The smallest absolute Gasteiger partial charge is 0.187 e. The van der Waals surface area contributed by atoms with Gasteiger partial charge in [-0.1, -0.05) is 0 Å². The predicted molar refractivity (Wildman–Crippen MR) is 78.2 cm³/mol. The maximum Gasteiger partial charge on any atom is 0.187 e. The van der Waals surface area contributed by atoms with Gasteiger partial charge in [0.1, 0.15) is 48.8 Å². The van der Waals surface area contributed by atoms with Gasteiger partial charge in [-0.05, 0) is 0 Å². The largest absolute Gasteiger partial charge is 0.394 e. The molecule has 2 saturated heterocycles. The van der Waals surface area contributed by atoms with E-state index in [0.717, 1.165) is 0 Å². The van der Waals surface area contributed by atoms with Crippen LogP contribution in [-0.2, 0) is 23.7 Å². The molecular formula is C14H26O11. The van der Waals surface area contributed by atoms with Gasteiger partial charge in [0.15, 0.2) is 12.6 Å². The monoisotopic (exact) mass is 382 g/mol. The highest BCUT2D eigenvalue weighted by Gasteiger charge is 2.50. The van der Waals surface area contributed by atoms with Gasteiger partial charge < -0.3 is 54.3 Å². The molecule has 0 unspecified atom stereocenters. The highest BCUT2D eigenvalue weighted by Crippen LogP contribution is 2.29. The van der Waals surface area contributed by atoms with E-state index in [1.54, 1.807) is 0 Å². The van der Waals surface area contributed by atoms with Crippen LogP contribution in [0.15, 0.2) is 0 Å². The van der Waals surface area contributed by atoms with Crippen molar-refractivity contribution in [2.75, 3.05) is 27.4 Å². The first-order valence-electron chi connectivity index (χ1n) is 7.85. The van der Waals surface area contributed by atoms with E-state index in [4.69, 9.17) is 23.7 Å². The molecule has 25 heavy (non-hydrogen) atoms. The van der Waals surface area contributed by atoms with Crippen LogP contribution in [0.1, 0.15) is 0 Å². The van der Waals surface area contributed by atoms with Crippen LogP contribution in [0.4, 0.5) is 0 Å². The minimum atomic E-state index is -1.56. The van der Waals surface area contributed by atoms with Gasteiger partial charge in [0, 0.05) is 14.2 Å². The zero-order valence-corrected chi connectivity index (χ0v) is 13.9. The van der Waals surface area contributed by atoms with E-state index in [-0.39, 0.29) is 0 Å². The van der Waals surface area contributed by atoms with Crippen molar-refractivity contribution in [2.45, 2.75) is 61.4 Å². The van der Waals surface area contributed by atoms with E-state index < -0.39 is 74.6 Å². The van der Waals surface area contributed by atoms with Gasteiger partial charge >= 0.3 is 0 Å². The van der Waals surface area contributed by atoms with Gasteiger partial charge in [-0.3, -0.25) is 0 Å². The first-order valence-corrected chi connectivity index (χ1v) is 7.85. The minimum Gasteiger partial charge on any atom is -0.394 e. The van der Waals surface area contributed by atoms with Gasteiger partial charge in [0.2, 0.25) is 0 Å². The van der Waals surface area contributed by atoms with Crippen molar-refractivity contribution in [1.82, 2.24) is 0 Å². The van der Waals surface area contributed by atoms with Crippen molar-refractivity contribution in [2.24, 2.45) is 0 Å². The van der Waals surface area contributed by atoms with Gasteiger partial charge in [-0.15, -0.1) is 0 Å². The first-order chi connectivity index (χ1) is 11.9. The number of ether oxygens (including phenoxy) is 5. The van der Waals surface area contributed by atoms with Crippen LogP contribution in [0.5, 0.6) is 0 Å². The second-order valence-electron chi connectivity index (χ2n) is 5.95. The van der Waals surface area contributed by atoms with E-state index in [2.05, 4.69) is 0 Å². The van der Waals surface area contributed by atoms with Gasteiger partial charge in [-0.2, -0.15) is 0 Å². The normalized spacial score (nSPS) is 48.5. The van der Waals surface area contributed by atoms with E-state index in [1.165, 1.54) is 14.2 Å². The molecule has 0 saturated carbocycles. The summed E-state index contributed by atoms with van der Waals surface area (Å²) in [6, 6.07) is 0. The number of hydrogen-bond acceptors (Lipinski definition) is 11. The van der Waals surface area contributed by atoms with Crippen LogP contribution in [-0.4, -0.2) is 119 Å². The second-order valence-corrected chi connectivity index (χ2v) is 5.95. The molecule has 0 radical (unpaired) electrons. The van der Waals surface area contributed by atoms with Gasteiger partial charge in [-0.25, -0.2) is 0 Å². The van der Waals surface area contributed by atoms with Gasteiger partial charge in [0.25, 0.3) is 0 Å². The summed E-state index contributed by atoms with van der Waals surface area (Å²) in [5, 5.41) is 59.3. The summed E-state index contributed by atoms with van der Waals surface area (Å²) in [6.45, 7) is -1.08. The Labute approximate surface area is 144 Å². The molecule has 6 N–H and O–H groups in total. The summed E-state index contributed by atoms with van der Waals surface area (Å²) in [6.07, 6.45) is -12.9. The Morgan fingerprint density at radius 3 is 1.68 bits per heavy atom. The summed E-state index contributed by atoms with van der Waals surface area (Å²) in [5.74, 6) is 0. The average molecular weight is 382 g/mol. The van der Waals surface area contributed by atoms with Crippen molar-refractivity contribution in [1.29, 1.82) is 0 Å². The van der Waals surface area contributed by atoms with Crippen molar-refractivity contribution < 1.29 is 54.3 Å². The van der Waals surface area contributed by atoms with E-state index in [0.29, 0.717) is 0 Å². The highest BCUT2D eigenvalue weighted by atomic mass is 16.9. The van der Waals surface area contributed by atoms with Crippen molar-refractivity contribution in [3.05, 3.63) is 0 Å². The van der Waals surface area contributed by atoms with Crippen LogP contribution in [0.2, 0.25) is 0 Å². The molecule has 0 spiro atoms. The number of aliphatic hydroxyl groups is 6. The maximum atomic E-state index is 10.2. The number of hydrogen-bond donors (Lipinski definition) is 6. The molecule has 10 atom stereocenters. The lowest BCUT2D eigenvalue weighted by molar-refractivity contribution is -0.358. The molecule has 0 bridgehead atoms. The lowest BCUT2D eigenvalue weighted by Gasteiger charge is -2.46. The highest BCUT2D eigenvalue weighted by molar-refractivity contribution is 4.94. The van der Waals surface area contributed by atoms with Crippen LogP contribution in [0.25, 0.3) is 0 Å². The Morgan fingerprint density at radius 2 is 1.16 bits per heavy atom. The van der Waals surface area contributed by atoms with Crippen molar-refractivity contribution >= 4 is 0 Å². The Hall–Kier alpha value is -0.440. The molecule has 0 aromatic heterocycles. The van der Waals surface area contributed by atoms with E-state index >= 15 is 0 Å². The molecule has 0 aromatic rings. The third-order valence-electron chi connectivity index (χ3n) is 4.44. The Balaban J connectivity index is 2.13.